The average Bonchev–Trinajstić information content (AvgIpc) is 3.15. The molecule has 0 aliphatic heterocycles. The van der Waals surface area contributed by atoms with Crippen LogP contribution in [-0.2, 0) is 47.3 Å². The lowest BCUT2D eigenvalue weighted by Crippen LogP contribution is -2.25. The van der Waals surface area contributed by atoms with Crippen molar-refractivity contribution in [3.05, 3.63) is 142 Å². The molecule has 0 unspecified atom stereocenters. The Morgan fingerprint density at radius 2 is 0.464 bits per heavy atom. The Kier molecular flexibility index (Phi) is 10.6. The molecule has 56 heavy (non-hydrogen) atoms. The van der Waals surface area contributed by atoms with Crippen LogP contribution in [0.3, 0.4) is 0 Å². The van der Waals surface area contributed by atoms with Crippen LogP contribution in [0.1, 0.15) is 153 Å². The Bertz CT molecular complexity index is 1830. The highest BCUT2D eigenvalue weighted by Crippen LogP contribution is 2.53. The molecule has 5 aromatic rings. The van der Waals surface area contributed by atoms with E-state index in [0.29, 0.717) is 0 Å². The minimum absolute atomic E-state index is 0.0946. The number of hydrogen-bond donors (Lipinski definition) is 0. The zero-order valence-electron chi connectivity index (χ0n) is 36.8. The van der Waals surface area contributed by atoms with Crippen molar-refractivity contribution < 1.29 is 0 Å². The van der Waals surface area contributed by atoms with Gasteiger partial charge < -0.3 is 9.80 Å². The Balaban J connectivity index is 1.51. The van der Waals surface area contributed by atoms with Gasteiger partial charge in [0.2, 0.25) is 0 Å². The first-order valence-electron chi connectivity index (χ1n) is 21.5. The van der Waals surface area contributed by atoms with E-state index in [2.05, 4.69) is 190 Å². The van der Waals surface area contributed by atoms with E-state index in [4.69, 9.17) is 0 Å². The van der Waals surface area contributed by atoms with Crippen molar-refractivity contribution in [1.82, 2.24) is 0 Å². The molecule has 0 bridgehead atoms. The third kappa shape index (κ3) is 7.96. The molecular formula is C54H68N2. The number of rotatable bonds is 6. The molecule has 2 aliphatic carbocycles. The summed E-state index contributed by atoms with van der Waals surface area (Å²) < 4.78 is 0. The zero-order chi connectivity index (χ0) is 40.2. The molecule has 0 saturated heterocycles. The highest BCUT2D eigenvalue weighted by Gasteiger charge is 2.34. The summed E-state index contributed by atoms with van der Waals surface area (Å²) in [6, 6.07) is 38.0. The molecule has 0 N–H and O–H groups in total. The van der Waals surface area contributed by atoms with Gasteiger partial charge in [-0.1, -0.05) is 132 Å². The first-order valence-corrected chi connectivity index (χ1v) is 21.5. The van der Waals surface area contributed by atoms with Crippen LogP contribution in [0.15, 0.2) is 97.1 Å². The summed E-state index contributed by atoms with van der Waals surface area (Å²) >= 11 is 0. The molecule has 294 valence electrons. The van der Waals surface area contributed by atoms with E-state index >= 15 is 0 Å². The van der Waals surface area contributed by atoms with Gasteiger partial charge in [0.25, 0.3) is 0 Å². The monoisotopic (exact) mass is 745 g/mol. The summed E-state index contributed by atoms with van der Waals surface area (Å²) in [5, 5.41) is 0. The molecule has 2 heteroatoms. The van der Waals surface area contributed by atoms with Gasteiger partial charge in [-0.05, 0) is 166 Å². The minimum atomic E-state index is 0.0946. The molecule has 0 spiro atoms. The third-order valence-electron chi connectivity index (χ3n) is 12.5. The second-order valence-corrected chi connectivity index (χ2v) is 20.9. The smallest absolute Gasteiger partial charge is 0.0532 e. The molecule has 2 nitrogen and oxygen atoms in total. The van der Waals surface area contributed by atoms with E-state index in [9.17, 15) is 0 Å². The van der Waals surface area contributed by atoms with Gasteiger partial charge in [-0.15, -0.1) is 0 Å². The van der Waals surface area contributed by atoms with Crippen molar-refractivity contribution in [3.8, 4) is 0 Å². The number of nitrogens with zero attached hydrogens (tertiary/aromatic N) is 2. The van der Waals surface area contributed by atoms with Gasteiger partial charge in [0.1, 0.15) is 0 Å². The molecule has 2 aliphatic rings. The molecule has 0 fully saturated rings. The average molecular weight is 745 g/mol. The van der Waals surface area contributed by atoms with E-state index in [1.54, 1.807) is 22.3 Å². The number of benzene rings is 5. The molecule has 0 radical (unpaired) electrons. The first-order chi connectivity index (χ1) is 26.3. The van der Waals surface area contributed by atoms with Crippen LogP contribution < -0.4 is 9.80 Å². The predicted octanol–water partition coefficient (Wildman–Crippen LogP) is 15.6. The van der Waals surface area contributed by atoms with Crippen molar-refractivity contribution in [2.24, 2.45) is 0 Å². The standard InChI is InChI=1S/C54H68N2/c1-51(2,3)37-21-29-41(30-22-37)55(42-31-23-38(24-32-42)52(4,5)6)49-45-17-13-15-19-47(45)50(48-20-16-14-18-46(48)49)56(43-33-25-39(26-34-43)53(7,8)9)44-35-27-40(28-36-44)54(10,11)12/h21-36H,13-20H2,1-12H3. The minimum Gasteiger partial charge on any atom is -0.310 e. The number of anilines is 6. The second kappa shape index (κ2) is 14.9. The fraction of sp³-hybridized carbons (Fsp3) is 0.444. The number of hydrogen-bond acceptors (Lipinski definition) is 2. The van der Waals surface area contributed by atoms with Crippen molar-refractivity contribution in [1.29, 1.82) is 0 Å². The molecule has 0 amide bonds. The lowest BCUT2D eigenvalue weighted by molar-refractivity contribution is 0.590. The fourth-order valence-electron chi connectivity index (χ4n) is 9.02. The van der Waals surface area contributed by atoms with Gasteiger partial charge in [-0.25, -0.2) is 0 Å². The molecule has 0 saturated carbocycles. The lowest BCUT2D eigenvalue weighted by Gasteiger charge is -2.40. The quantitative estimate of drug-likeness (QED) is 0.160. The summed E-state index contributed by atoms with van der Waals surface area (Å²) in [5.74, 6) is 0. The fourth-order valence-corrected chi connectivity index (χ4v) is 9.02. The van der Waals surface area contributed by atoms with Crippen LogP contribution in [0.25, 0.3) is 0 Å². The molecule has 5 aromatic carbocycles. The third-order valence-corrected chi connectivity index (χ3v) is 12.5. The predicted molar refractivity (Wildman–Crippen MR) is 244 cm³/mol. The Morgan fingerprint density at radius 1 is 0.286 bits per heavy atom. The highest BCUT2D eigenvalue weighted by atomic mass is 15.2. The van der Waals surface area contributed by atoms with Crippen molar-refractivity contribution in [2.75, 3.05) is 9.80 Å². The Labute approximate surface area is 340 Å². The molecule has 0 atom stereocenters. The SMILES string of the molecule is CC(C)(C)c1ccc(N(c2ccc(C(C)(C)C)cc2)c2c3c(c(N(c4ccc(C(C)(C)C)cc4)c4ccc(C(C)(C)C)cc4)c4c2CCCC4)CCCC3)cc1. The van der Waals surface area contributed by atoms with E-state index in [-0.39, 0.29) is 21.7 Å². The van der Waals surface area contributed by atoms with Gasteiger partial charge in [0.05, 0.1) is 11.4 Å². The maximum absolute atomic E-state index is 2.65. The van der Waals surface area contributed by atoms with Gasteiger partial charge in [-0.2, -0.15) is 0 Å². The van der Waals surface area contributed by atoms with Crippen LogP contribution in [0, 0.1) is 0 Å². The Morgan fingerprint density at radius 3 is 0.625 bits per heavy atom. The van der Waals surface area contributed by atoms with E-state index in [1.165, 1.54) is 82.1 Å². The topological polar surface area (TPSA) is 6.48 Å². The van der Waals surface area contributed by atoms with E-state index < -0.39 is 0 Å². The van der Waals surface area contributed by atoms with Gasteiger partial charge >= 0.3 is 0 Å². The van der Waals surface area contributed by atoms with Gasteiger partial charge in [0, 0.05) is 22.7 Å². The normalized spacial score (nSPS) is 14.9. The first kappa shape index (κ1) is 39.9. The van der Waals surface area contributed by atoms with Gasteiger partial charge in [0.15, 0.2) is 0 Å². The maximum Gasteiger partial charge on any atom is 0.0532 e. The van der Waals surface area contributed by atoms with E-state index in [1.807, 2.05) is 0 Å². The van der Waals surface area contributed by atoms with Crippen LogP contribution in [0.4, 0.5) is 34.1 Å². The maximum atomic E-state index is 2.65. The van der Waals surface area contributed by atoms with Gasteiger partial charge in [-0.3, -0.25) is 0 Å². The van der Waals surface area contributed by atoms with E-state index in [0.717, 1.165) is 25.7 Å². The largest absolute Gasteiger partial charge is 0.310 e. The highest BCUT2D eigenvalue weighted by molar-refractivity contribution is 5.90. The summed E-state index contributed by atoms with van der Waals surface area (Å²) in [6.07, 6.45) is 9.28. The van der Waals surface area contributed by atoms with Crippen molar-refractivity contribution in [2.45, 2.75) is 156 Å². The molecule has 7 rings (SSSR count). The van der Waals surface area contributed by atoms with Crippen LogP contribution in [0.2, 0.25) is 0 Å². The Hall–Kier alpha value is -4.30. The number of fused-ring (bicyclic) bond motifs is 2. The summed E-state index contributed by atoms with van der Waals surface area (Å²) in [6.45, 7) is 27.8. The van der Waals surface area contributed by atoms with Crippen LogP contribution >= 0.6 is 0 Å². The van der Waals surface area contributed by atoms with Crippen molar-refractivity contribution >= 4 is 34.1 Å². The molecule has 0 heterocycles. The zero-order valence-corrected chi connectivity index (χ0v) is 36.8. The molecular weight excluding hydrogens is 677 g/mol. The van der Waals surface area contributed by atoms with Crippen molar-refractivity contribution in [3.63, 3.8) is 0 Å². The lowest BCUT2D eigenvalue weighted by atomic mass is 9.78. The van der Waals surface area contributed by atoms with Crippen LogP contribution in [-0.4, -0.2) is 0 Å². The van der Waals surface area contributed by atoms with Crippen LogP contribution in [0.5, 0.6) is 0 Å². The summed E-state index contributed by atoms with van der Waals surface area (Å²) in [5.41, 5.74) is 20.0. The summed E-state index contributed by atoms with van der Waals surface area (Å²) in [4.78, 5) is 5.30. The summed E-state index contributed by atoms with van der Waals surface area (Å²) in [7, 11) is 0. The second-order valence-electron chi connectivity index (χ2n) is 20.9. The molecule has 0 aromatic heterocycles.